The van der Waals surface area contributed by atoms with Crippen LogP contribution in [-0.2, 0) is 0 Å². The SMILES string of the molecule is NCC(C/C=C\c1ccccc1)N1CCN(c2ncccn2)CC1. The van der Waals surface area contributed by atoms with Gasteiger partial charge in [0.1, 0.15) is 0 Å². The highest BCUT2D eigenvalue weighted by atomic mass is 15.3. The number of rotatable bonds is 6. The predicted molar refractivity (Wildman–Crippen MR) is 98.8 cm³/mol. The zero-order chi connectivity index (χ0) is 16.6. The lowest BCUT2D eigenvalue weighted by molar-refractivity contribution is 0.189. The lowest BCUT2D eigenvalue weighted by Gasteiger charge is -2.38. The van der Waals surface area contributed by atoms with Crippen LogP contribution in [0.2, 0.25) is 0 Å². The van der Waals surface area contributed by atoms with Crippen molar-refractivity contribution in [2.75, 3.05) is 37.6 Å². The normalized spacial score (nSPS) is 17.3. The van der Waals surface area contributed by atoms with Gasteiger partial charge in [0.05, 0.1) is 0 Å². The van der Waals surface area contributed by atoms with Crippen LogP contribution >= 0.6 is 0 Å². The molecular formula is C19H25N5. The van der Waals surface area contributed by atoms with E-state index in [2.05, 4.69) is 56.2 Å². The van der Waals surface area contributed by atoms with E-state index in [1.54, 1.807) is 12.4 Å². The third-order valence-corrected chi connectivity index (χ3v) is 4.46. The largest absolute Gasteiger partial charge is 0.338 e. The van der Waals surface area contributed by atoms with Gasteiger partial charge in [-0.05, 0) is 18.1 Å². The number of benzene rings is 1. The van der Waals surface area contributed by atoms with Gasteiger partial charge >= 0.3 is 0 Å². The molecule has 2 aromatic rings. The third-order valence-electron chi connectivity index (χ3n) is 4.46. The second kappa shape index (κ2) is 8.57. The van der Waals surface area contributed by atoms with Crippen LogP contribution < -0.4 is 10.6 Å². The van der Waals surface area contributed by atoms with E-state index in [4.69, 9.17) is 5.73 Å². The Morgan fingerprint density at radius 2 is 1.71 bits per heavy atom. The van der Waals surface area contributed by atoms with E-state index >= 15 is 0 Å². The van der Waals surface area contributed by atoms with E-state index in [1.165, 1.54) is 5.56 Å². The Kier molecular flexibility index (Phi) is 5.93. The number of hydrogen-bond acceptors (Lipinski definition) is 5. The first-order valence-corrected chi connectivity index (χ1v) is 8.54. The van der Waals surface area contributed by atoms with Crippen LogP contribution in [0.3, 0.4) is 0 Å². The van der Waals surface area contributed by atoms with Gasteiger partial charge in [-0.15, -0.1) is 0 Å². The number of nitrogens with two attached hydrogens (primary N) is 1. The highest BCUT2D eigenvalue weighted by molar-refractivity contribution is 5.48. The quantitative estimate of drug-likeness (QED) is 0.881. The maximum Gasteiger partial charge on any atom is 0.225 e. The predicted octanol–water partition coefficient (Wildman–Crippen LogP) is 2.03. The molecule has 24 heavy (non-hydrogen) atoms. The Bertz CT molecular complexity index is 621. The van der Waals surface area contributed by atoms with Gasteiger partial charge in [0, 0.05) is 51.2 Å². The molecule has 1 aliphatic rings. The minimum absolute atomic E-state index is 0.392. The Morgan fingerprint density at radius 3 is 2.38 bits per heavy atom. The van der Waals surface area contributed by atoms with Crippen LogP contribution in [0.15, 0.2) is 54.9 Å². The molecule has 1 aromatic heterocycles. The van der Waals surface area contributed by atoms with Crippen molar-refractivity contribution in [1.29, 1.82) is 0 Å². The molecule has 0 bridgehead atoms. The zero-order valence-corrected chi connectivity index (χ0v) is 14.0. The van der Waals surface area contributed by atoms with Crippen LogP contribution in [0.1, 0.15) is 12.0 Å². The molecule has 1 aliphatic heterocycles. The molecule has 0 aliphatic carbocycles. The highest BCUT2D eigenvalue weighted by Crippen LogP contribution is 2.14. The van der Waals surface area contributed by atoms with E-state index in [9.17, 15) is 0 Å². The Morgan fingerprint density at radius 1 is 1.00 bits per heavy atom. The fourth-order valence-electron chi connectivity index (χ4n) is 3.06. The molecule has 5 nitrogen and oxygen atoms in total. The van der Waals surface area contributed by atoms with Crippen LogP contribution in [-0.4, -0.2) is 53.6 Å². The lowest BCUT2D eigenvalue weighted by Crippen LogP contribution is -2.52. The van der Waals surface area contributed by atoms with Crippen LogP contribution in [0.5, 0.6) is 0 Å². The summed E-state index contributed by atoms with van der Waals surface area (Å²) < 4.78 is 0. The maximum atomic E-state index is 6.01. The first-order valence-electron chi connectivity index (χ1n) is 8.54. The van der Waals surface area contributed by atoms with Gasteiger partial charge in [-0.3, -0.25) is 4.90 Å². The number of anilines is 1. The summed E-state index contributed by atoms with van der Waals surface area (Å²) in [6.07, 6.45) is 8.99. The molecule has 0 amide bonds. The van der Waals surface area contributed by atoms with Gasteiger partial charge in [-0.1, -0.05) is 42.5 Å². The van der Waals surface area contributed by atoms with Crippen molar-refractivity contribution in [3.63, 3.8) is 0 Å². The monoisotopic (exact) mass is 323 g/mol. The molecular weight excluding hydrogens is 298 g/mol. The first kappa shape index (κ1) is 16.6. The molecule has 1 aromatic carbocycles. The molecule has 3 rings (SSSR count). The summed E-state index contributed by atoms with van der Waals surface area (Å²) in [5.74, 6) is 0.824. The van der Waals surface area contributed by atoms with Gasteiger partial charge in [0.15, 0.2) is 0 Å². The molecule has 1 saturated heterocycles. The summed E-state index contributed by atoms with van der Waals surface area (Å²) in [5, 5.41) is 0. The summed E-state index contributed by atoms with van der Waals surface area (Å²) >= 11 is 0. The Labute approximate surface area is 143 Å². The minimum Gasteiger partial charge on any atom is -0.338 e. The van der Waals surface area contributed by atoms with Gasteiger partial charge in [-0.25, -0.2) is 9.97 Å². The lowest BCUT2D eigenvalue weighted by atomic mass is 10.1. The fourth-order valence-corrected chi connectivity index (χ4v) is 3.06. The van der Waals surface area contributed by atoms with Gasteiger partial charge in [0.2, 0.25) is 5.95 Å². The van der Waals surface area contributed by atoms with E-state index < -0.39 is 0 Å². The molecule has 2 N–H and O–H groups in total. The van der Waals surface area contributed by atoms with Crippen molar-refractivity contribution in [2.45, 2.75) is 12.5 Å². The average Bonchev–Trinajstić information content (AvgIpc) is 2.67. The molecule has 126 valence electrons. The van der Waals surface area contributed by atoms with Gasteiger partial charge < -0.3 is 10.6 Å². The second-order valence-electron chi connectivity index (χ2n) is 6.01. The van der Waals surface area contributed by atoms with Crippen molar-refractivity contribution in [1.82, 2.24) is 14.9 Å². The van der Waals surface area contributed by atoms with E-state index in [-0.39, 0.29) is 0 Å². The number of hydrogen-bond donors (Lipinski definition) is 1. The molecule has 1 unspecified atom stereocenters. The molecule has 0 radical (unpaired) electrons. The molecule has 5 heteroatoms. The zero-order valence-electron chi connectivity index (χ0n) is 14.0. The van der Waals surface area contributed by atoms with Crippen molar-refractivity contribution in [2.24, 2.45) is 5.73 Å². The van der Waals surface area contributed by atoms with Crippen LogP contribution in [0.4, 0.5) is 5.95 Å². The first-order chi connectivity index (χ1) is 11.9. The summed E-state index contributed by atoms with van der Waals surface area (Å²) in [4.78, 5) is 13.4. The Balaban J connectivity index is 1.51. The van der Waals surface area contributed by atoms with E-state index in [1.807, 2.05) is 12.1 Å². The summed E-state index contributed by atoms with van der Waals surface area (Å²) in [6.45, 7) is 4.57. The standard InChI is InChI=1S/C19H25N5/c20-16-18(9-4-8-17-6-2-1-3-7-17)23-12-14-24(15-13-23)19-21-10-5-11-22-19/h1-8,10-11,18H,9,12-16,20H2/b8-4-. The van der Waals surface area contributed by atoms with Crippen LogP contribution in [0, 0.1) is 0 Å². The molecule has 2 heterocycles. The summed E-state index contributed by atoms with van der Waals surface area (Å²) in [5.41, 5.74) is 7.25. The van der Waals surface area contributed by atoms with Crippen molar-refractivity contribution in [3.05, 3.63) is 60.4 Å². The van der Waals surface area contributed by atoms with Crippen LogP contribution in [0.25, 0.3) is 6.08 Å². The summed E-state index contributed by atoms with van der Waals surface area (Å²) in [7, 11) is 0. The molecule has 1 fully saturated rings. The number of nitrogens with zero attached hydrogens (tertiary/aromatic N) is 4. The van der Waals surface area contributed by atoms with Crippen molar-refractivity contribution in [3.8, 4) is 0 Å². The Hall–Kier alpha value is -2.24. The molecule has 0 saturated carbocycles. The maximum absolute atomic E-state index is 6.01. The van der Waals surface area contributed by atoms with Crippen molar-refractivity contribution >= 4 is 12.0 Å². The van der Waals surface area contributed by atoms with Crippen molar-refractivity contribution < 1.29 is 0 Å². The third kappa shape index (κ3) is 4.40. The number of aromatic nitrogens is 2. The highest BCUT2D eigenvalue weighted by Gasteiger charge is 2.23. The fraction of sp³-hybridized carbons (Fsp3) is 0.368. The smallest absolute Gasteiger partial charge is 0.225 e. The molecule has 1 atom stereocenters. The number of piperazine rings is 1. The van der Waals surface area contributed by atoms with E-state index in [0.29, 0.717) is 12.6 Å². The van der Waals surface area contributed by atoms with Gasteiger partial charge in [0.25, 0.3) is 0 Å². The topological polar surface area (TPSA) is 58.3 Å². The summed E-state index contributed by atoms with van der Waals surface area (Å²) in [6, 6.07) is 12.6. The van der Waals surface area contributed by atoms with Gasteiger partial charge in [-0.2, -0.15) is 0 Å². The minimum atomic E-state index is 0.392. The van der Waals surface area contributed by atoms with E-state index in [0.717, 1.165) is 38.5 Å². The second-order valence-corrected chi connectivity index (χ2v) is 6.01. The molecule has 0 spiro atoms. The average molecular weight is 323 g/mol.